The van der Waals surface area contributed by atoms with Crippen molar-refractivity contribution in [2.24, 2.45) is 5.73 Å². The maximum Gasteiger partial charge on any atom is 0.388 e. The van der Waals surface area contributed by atoms with Crippen LogP contribution in [-0.4, -0.2) is 9.79 Å². The molecule has 0 aliphatic rings. The molecule has 0 saturated carbocycles. The zero-order valence-electron chi connectivity index (χ0n) is 6.75. The largest absolute Gasteiger partial charge is 0.388 e. The molecule has 6 heteroatoms. The van der Waals surface area contributed by atoms with Crippen molar-refractivity contribution in [1.29, 1.82) is 0 Å². The fourth-order valence-electron chi connectivity index (χ4n) is 0.824. The lowest BCUT2D eigenvalue weighted by molar-refractivity contribution is 0.397. The average Bonchev–Trinajstić information content (AvgIpc) is 2.03. The molecule has 0 unspecified atom stereocenters. The van der Waals surface area contributed by atoms with Crippen molar-refractivity contribution < 1.29 is 14.4 Å². The molecular formula is C7H10NO3PS. The molecule has 4 nitrogen and oxygen atoms in total. The highest BCUT2D eigenvalue weighted by Crippen LogP contribution is 2.54. The fourth-order valence-corrected chi connectivity index (χ4v) is 2.55. The molecule has 0 bridgehead atoms. The van der Waals surface area contributed by atoms with Crippen LogP contribution in [0.2, 0.25) is 0 Å². The second kappa shape index (κ2) is 4.26. The van der Waals surface area contributed by atoms with Gasteiger partial charge in [-0.3, -0.25) is 0 Å². The Morgan fingerprint density at radius 3 is 2.23 bits per heavy atom. The van der Waals surface area contributed by atoms with Crippen molar-refractivity contribution in [3.63, 3.8) is 0 Å². The summed E-state index contributed by atoms with van der Waals surface area (Å²) in [6.07, 6.45) is 0. The molecule has 0 amide bonds. The SMILES string of the molecule is NCc1ccc(SP(=O)(O)O)cc1. The van der Waals surface area contributed by atoms with Gasteiger partial charge in [0, 0.05) is 11.4 Å². The second-order valence-electron chi connectivity index (χ2n) is 2.43. The lowest BCUT2D eigenvalue weighted by Gasteiger charge is -2.03. The lowest BCUT2D eigenvalue weighted by Crippen LogP contribution is -1.94. The molecule has 4 N–H and O–H groups in total. The summed E-state index contributed by atoms with van der Waals surface area (Å²) in [4.78, 5) is 17.8. The minimum Gasteiger partial charge on any atom is -0.326 e. The summed E-state index contributed by atoms with van der Waals surface area (Å²) in [5.41, 5.74) is 6.31. The Labute approximate surface area is 80.1 Å². The first kappa shape index (κ1) is 10.8. The monoisotopic (exact) mass is 219 g/mol. The molecule has 13 heavy (non-hydrogen) atoms. The van der Waals surface area contributed by atoms with Crippen LogP contribution in [0, 0.1) is 0 Å². The van der Waals surface area contributed by atoms with Crippen LogP contribution >= 0.6 is 18.2 Å². The number of rotatable bonds is 3. The molecule has 1 aromatic rings. The first-order chi connectivity index (χ1) is 6.01. The van der Waals surface area contributed by atoms with Crippen LogP contribution in [0.5, 0.6) is 0 Å². The van der Waals surface area contributed by atoms with Gasteiger partial charge in [-0.2, -0.15) is 0 Å². The van der Waals surface area contributed by atoms with Gasteiger partial charge in [-0.25, -0.2) is 4.57 Å². The molecule has 0 radical (unpaired) electrons. The van der Waals surface area contributed by atoms with E-state index in [1.807, 2.05) is 0 Å². The highest BCUT2D eigenvalue weighted by atomic mass is 32.7. The van der Waals surface area contributed by atoms with E-state index in [0.717, 1.165) is 5.56 Å². The molecule has 0 aliphatic heterocycles. The molecule has 72 valence electrons. The maximum atomic E-state index is 10.6. The number of nitrogens with two attached hydrogens (primary N) is 1. The Morgan fingerprint density at radius 2 is 1.85 bits per heavy atom. The van der Waals surface area contributed by atoms with Crippen molar-refractivity contribution in [1.82, 2.24) is 0 Å². The summed E-state index contributed by atoms with van der Waals surface area (Å²) < 4.78 is 10.6. The normalized spacial score (nSPS) is 11.6. The van der Waals surface area contributed by atoms with E-state index >= 15 is 0 Å². The maximum absolute atomic E-state index is 10.6. The fraction of sp³-hybridized carbons (Fsp3) is 0.143. The molecule has 0 spiro atoms. The summed E-state index contributed by atoms with van der Waals surface area (Å²) in [6, 6.07) is 6.79. The molecule has 0 aliphatic carbocycles. The van der Waals surface area contributed by atoms with Gasteiger partial charge < -0.3 is 15.5 Å². The summed E-state index contributed by atoms with van der Waals surface area (Å²) in [5, 5.41) is 0. The minimum absolute atomic E-state index is 0.431. The Morgan fingerprint density at radius 1 is 1.31 bits per heavy atom. The highest BCUT2D eigenvalue weighted by Gasteiger charge is 2.14. The van der Waals surface area contributed by atoms with Crippen molar-refractivity contribution in [2.75, 3.05) is 0 Å². The molecule has 0 fully saturated rings. The number of benzene rings is 1. The van der Waals surface area contributed by atoms with E-state index in [4.69, 9.17) is 15.5 Å². The van der Waals surface area contributed by atoms with E-state index in [-0.39, 0.29) is 0 Å². The van der Waals surface area contributed by atoms with Gasteiger partial charge >= 0.3 is 6.80 Å². The predicted molar refractivity (Wildman–Crippen MR) is 52.2 cm³/mol. The summed E-state index contributed by atoms with van der Waals surface area (Å²) >= 11 is 0.546. The topological polar surface area (TPSA) is 83.6 Å². The highest BCUT2D eigenvalue weighted by molar-refractivity contribution is 8.54. The Bertz CT molecular complexity index is 321. The second-order valence-corrected chi connectivity index (χ2v) is 6.04. The van der Waals surface area contributed by atoms with Crippen LogP contribution in [0.1, 0.15) is 5.56 Å². The van der Waals surface area contributed by atoms with Gasteiger partial charge in [0.1, 0.15) is 0 Å². The predicted octanol–water partition coefficient (Wildman–Crippen LogP) is 1.33. The number of hydrogen-bond donors (Lipinski definition) is 3. The van der Waals surface area contributed by atoms with Crippen LogP contribution in [0.15, 0.2) is 29.2 Å². The summed E-state index contributed by atoms with van der Waals surface area (Å²) in [6.45, 7) is -3.59. The van der Waals surface area contributed by atoms with Crippen LogP contribution < -0.4 is 5.73 Å². The van der Waals surface area contributed by atoms with Crippen molar-refractivity contribution in [2.45, 2.75) is 11.4 Å². The van der Waals surface area contributed by atoms with Gasteiger partial charge in [-0.1, -0.05) is 12.1 Å². The van der Waals surface area contributed by atoms with E-state index < -0.39 is 6.80 Å². The van der Waals surface area contributed by atoms with E-state index in [0.29, 0.717) is 22.8 Å². The van der Waals surface area contributed by atoms with Gasteiger partial charge in [-0.05, 0) is 29.1 Å². The molecular weight excluding hydrogens is 209 g/mol. The van der Waals surface area contributed by atoms with Gasteiger partial charge in [0.15, 0.2) is 0 Å². The van der Waals surface area contributed by atoms with E-state index in [1.165, 1.54) is 0 Å². The molecule has 0 saturated heterocycles. The minimum atomic E-state index is -4.03. The molecule has 1 aromatic carbocycles. The third-order valence-corrected chi connectivity index (χ3v) is 3.45. The van der Waals surface area contributed by atoms with Crippen molar-refractivity contribution in [3.8, 4) is 0 Å². The Hall–Kier alpha value is -0.320. The lowest BCUT2D eigenvalue weighted by atomic mass is 10.2. The van der Waals surface area contributed by atoms with Crippen molar-refractivity contribution >= 4 is 18.2 Å². The molecule has 0 heterocycles. The molecule has 1 rings (SSSR count). The van der Waals surface area contributed by atoms with Crippen LogP contribution in [-0.2, 0) is 11.1 Å². The van der Waals surface area contributed by atoms with E-state index in [1.54, 1.807) is 24.3 Å². The van der Waals surface area contributed by atoms with Crippen LogP contribution in [0.25, 0.3) is 0 Å². The van der Waals surface area contributed by atoms with Crippen molar-refractivity contribution in [3.05, 3.63) is 29.8 Å². The Balaban J connectivity index is 2.76. The van der Waals surface area contributed by atoms with E-state index in [2.05, 4.69) is 0 Å². The van der Waals surface area contributed by atoms with Gasteiger partial charge in [0.25, 0.3) is 0 Å². The third kappa shape index (κ3) is 3.93. The average molecular weight is 219 g/mol. The summed E-state index contributed by atoms with van der Waals surface area (Å²) in [5.74, 6) is 0. The van der Waals surface area contributed by atoms with Gasteiger partial charge in [0.05, 0.1) is 0 Å². The standard InChI is InChI=1S/C7H10NO3PS/c8-5-6-1-3-7(4-2-6)13-12(9,10)11/h1-4H,5,8H2,(H2,9,10,11). The third-order valence-electron chi connectivity index (χ3n) is 1.38. The zero-order valence-corrected chi connectivity index (χ0v) is 8.46. The Kier molecular flexibility index (Phi) is 3.53. The first-order valence-electron chi connectivity index (χ1n) is 3.55. The zero-order chi connectivity index (χ0) is 9.90. The molecule has 0 atom stereocenters. The summed E-state index contributed by atoms with van der Waals surface area (Å²) in [7, 11) is 0. The number of hydrogen-bond acceptors (Lipinski definition) is 3. The van der Waals surface area contributed by atoms with Crippen LogP contribution in [0.4, 0.5) is 0 Å². The smallest absolute Gasteiger partial charge is 0.326 e. The van der Waals surface area contributed by atoms with Crippen LogP contribution in [0.3, 0.4) is 0 Å². The molecule has 0 aromatic heterocycles. The van der Waals surface area contributed by atoms with E-state index in [9.17, 15) is 4.57 Å². The van der Waals surface area contributed by atoms with Gasteiger partial charge in [0.2, 0.25) is 0 Å². The quantitative estimate of drug-likeness (QED) is 0.668. The van der Waals surface area contributed by atoms with Gasteiger partial charge in [-0.15, -0.1) is 0 Å². The first-order valence-corrected chi connectivity index (χ1v) is 6.59.